The molecule has 0 saturated heterocycles. The van der Waals surface area contributed by atoms with Gasteiger partial charge in [0.05, 0.1) is 13.2 Å². The number of ether oxygens (including phenoxy) is 1. The van der Waals surface area contributed by atoms with Gasteiger partial charge in [0.2, 0.25) is 0 Å². The molecule has 1 aromatic heterocycles. The van der Waals surface area contributed by atoms with Crippen molar-refractivity contribution in [3.8, 4) is 0 Å². The van der Waals surface area contributed by atoms with Gasteiger partial charge < -0.3 is 9.84 Å². The quantitative estimate of drug-likeness (QED) is 0.817. The molecule has 0 fully saturated rings. The molecule has 0 aliphatic carbocycles. The summed E-state index contributed by atoms with van der Waals surface area (Å²) in [5.41, 5.74) is 1.13. The van der Waals surface area contributed by atoms with Crippen LogP contribution in [0.25, 0.3) is 6.08 Å². The number of thiophene rings is 1. The molecule has 0 unspecified atom stereocenters. The Kier molecular flexibility index (Phi) is 4.89. The van der Waals surface area contributed by atoms with Gasteiger partial charge in [-0.3, -0.25) is 0 Å². The van der Waals surface area contributed by atoms with Gasteiger partial charge in [-0.25, -0.2) is 4.79 Å². The number of hydrogen-bond donors (Lipinski definition) is 1. The van der Waals surface area contributed by atoms with Crippen molar-refractivity contribution >= 4 is 23.4 Å². The van der Waals surface area contributed by atoms with Gasteiger partial charge in [-0.15, -0.1) is 11.3 Å². The molecule has 3 nitrogen and oxygen atoms in total. The van der Waals surface area contributed by atoms with E-state index in [2.05, 4.69) is 0 Å². The first kappa shape index (κ1) is 13.5. The monoisotopic (exact) mass is 274 g/mol. The molecule has 0 saturated carbocycles. The van der Waals surface area contributed by atoms with Crippen LogP contribution in [0.1, 0.15) is 20.1 Å². The average molecular weight is 274 g/mol. The highest BCUT2D eigenvalue weighted by Gasteiger charge is 2.06. The summed E-state index contributed by atoms with van der Waals surface area (Å²) in [4.78, 5) is 12.0. The minimum absolute atomic E-state index is 0.346. The van der Waals surface area contributed by atoms with E-state index in [9.17, 15) is 4.79 Å². The number of aromatic carboxylic acids is 1. The maximum atomic E-state index is 10.7. The van der Waals surface area contributed by atoms with E-state index >= 15 is 0 Å². The highest BCUT2D eigenvalue weighted by Crippen LogP contribution is 2.17. The number of carbonyl (C=O) groups is 1. The minimum Gasteiger partial charge on any atom is -0.477 e. The van der Waals surface area contributed by atoms with Crippen LogP contribution in [-0.2, 0) is 11.3 Å². The zero-order chi connectivity index (χ0) is 13.5. The summed E-state index contributed by atoms with van der Waals surface area (Å²) in [7, 11) is 0. The van der Waals surface area contributed by atoms with Gasteiger partial charge in [0.1, 0.15) is 4.88 Å². The molecule has 98 valence electrons. The highest BCUT2D eigenvalue weighted by molar-refractivity contribution is 7.13. The lowest BCUT2D eigenvalue weighted by molar-refractivity contribution is 0.0702. The Morgan fingerprint density at radius 1 is 1.21 bits per heavy atom. The van der Waals surface area contributed by atoms with Crippen molar-refractivity contribution in [2.45, 2.75) is 6.61 Å². The molecule has 1 N–H and O–H groups in total. The van der Waals surface area contributed by atoms with E-state index in [0.717, 1.165) is 10.4 Å². The maximum absolute atomic E-state index is 10.7. The molecule has 1 aromatic carbocycles. The van der Waals surface area contributed by atoms with Gasteiger partial charge >= 0.3 is 5.97 Å². The van der Waals surface area contributed by atoms with Crippen molar-refractivity contribution in [2.24, 2.45) is 0 Å². The maximum Gasteiger partial charge on any atom is 0.345 e. The fourth-order valence-electron chi connectivity index (χ4n) is 1.55. The molecule has 2 rings (SSSR count). The summed E-state index contributed by atoms with van der Waals surface area (Å²) in [6, 6.07) is 13.4. The van der Waals surface area contributed by atoms with Crippen molar-refractivity contribution in [3.05, 3.63) is 63.9 Å². The Hall–Kier alpha value is -1.91. The van der Waals surface area contributed by atoms with Gasteiger partial charge in [-0.05, 0) is 17.7 Å². The molecule has 0 aliphatic rings. The largest absolute Gasteiger partial charge is 0.477 e. The topological polar surface area (TPSA) is 46.5 Å². The molecule has 0 bridgehead atoms. The minimum atomic E-state index is -0.889. The second kappa shape index (κ2) is 6.87. The van der Waals surface area contributed by atoms with Gasteiger partial charge in [0.15, 0.2) is 0 Å². The Labute approximate surface area is 115 Å². The lowest BCUT2D eigenvalue weighted by Crippen LogP contribution is -1.91. The summed E-state index contributed by atoms with van der Waals surface area (Å²) < 4.78 is 5.47. The third-order valence-electron chi connectivity index (χ3n) is 2.44. The molecule has 4 heteroatoms. The van der Waals surface area contributed by atoms with Crippen LogP contribution in [0.5, 0.6) is 0 Å². The van der Waals surface area contributed by atoms with Crippen LogP contribution in [0.15, 0.2) is 48.5 Å². The van der Waals surface area contributed by atoms with E-state index in [0.29, 0.717) is 18.1 Å². The molecule has 0 spiro atoms. The third kappa shape index (κ3) is 4.35. The van der Waals surface area contributed by atoms with E-state index < -0.39 is 5.97 Å². The molecule has 0 amide bonds. The van der Waals surface area contributed by atoms with Crippen molar-refractivity contribution in [1.29, 1.82) is 0 Å². The predicted molar refractivity (Wildman–Crippen MR) is 76.4 cm³/mol. The molecular weight excluding hydrogens is 260 g/mol. The smallest absolute Gasteiger partial charge is 0.345 e. The van der Waals surface area contributed by atoms with E-state index in [1.807, 2.05) is 42.5 Å². The second-order valence-electron chi connectivity index (χ2n) is 3.90. The summed E-state index contributed by atoms with van der Waals surface area (Å²) in [5.74, 6) is -0.889. The van der Waals surface area contributed by atoms with Crippen LogP contribution in [0, 0.1) is 0 Å². The molecule has 1 heterocycles. The number of carboxylic acids is 1. The van der Waals surface area contributed by atoms with E-state index in [1.165, 1.54) is 11.3 Å². The summed E-state index contributed by atoms with van der Waals surface area (Å²) in [6.45, 7) is 0.951. The van der Waals surface area contributed by atoms with Gasteiger partial charge in [0, 0.05) is 4.88 Å². The molecule has 2 aromatic rings. The lowest BCUT2D eigenvalue weighted by atomic mass is 10.2. The van der Waals surface area contributed by atoms with Crippen molar-refractivity contribution in [2.75, 3.05) is 6.61 Å². The Morgan fingerprint density at radius 2 is 2.00 bits per heavy atom. The van der Waals surface area contributed by atoms with E-state index in [-0.39, 0.29) is 0 Å². The Morgan fingerprint density at radius 3 is 2.68 bits per heavy atom. The second-order valence-corrected chi connectivity index (χ2v) is 5.07. The Balaban J connectivity index is 1.74. The number of hydrogen-bond acceptors (Lipinski definition) is 3. The van der Waals surface area contributed by atoms with Gasteiger partial charge in [0.25, 0.3) is 0 Å². The van der Waals surface area contributed by atoms with Crippen LogP contribution in [0.2, 0.25) is 0 Å². The van der Waals surface area contributed by atoms with Crippen LogP contribution >= 0.6 is 11.3 Å². The summed E-state index contributed by atoms with van der Waals surface area (Å²) in [6.07, 6.45) is 3.94. The zero-order valence-electron chi connectivity index (χ0n) is 10.3. The van der Waals surface area contributed by atoms with E-state index in [1.54, 1.807) is 12.1 Å². The molecular formula is C15H14O3S. The third-order valence-corrected chi connectivity index (χ3v) is 3.49. The predicted octanol–water partition coefficient (Wildman–Crippen LogP) is 3.68. The molecule has 0 atom stereocenters. The van der Waals surface area contributed by atoms with E-state index in [4.69, 9.17) is 9.84 Å². The first-order valence-electron chi connectivity index (χ1n) is 5.87. The van der Waals surface area contributed by atoms with Crippen LogP contribution in [-0.4, -0.2) is 17.7 Å². The summed E-state index contributed by atoms with van der Waals surface area (Å²) >= 11 is 1.25. The van der Waals surface area contributed by atoms with Crippen molar-refractivity contribution < 1.29 is 14.6 Å². The lowest BCUT2D eigenvalue weighted by Gasteiger charge is -1.97. The first-order chi connectivity index (χ1) is 9.25. The number of benzene rings is 1. The van der Waals surface area contributed by atoms with Crippen LogP contribution < -0.4 is 0 Å². The normalized spacial score (nSPS) is 10.9. The fraction of sp³-hybridized carbons (Fsp3) is 0.133. The SMILES string of the molecule is O=C(O)c1ccc(COCC=Cc2ccccc2)s1. The van der Waals surface area contributed by atoms with Gasteiger partial charge in [-0.1, -0.05) is 42.5 Å². The number of rotatable bonds is 6. The average Bonchev–Trinajstić information content (AvgIpc) is 2.89. The zero-order valence-corrected chi connectivity index (χ0v) is 11.1. The van der Waals surface area contributed by atoms with Crippen LogP contribution in [0.3, 0.4) is 0 Å². The van der Waals surface area contributed by atoms with Crippen molar-refractivity contribution in [3.63, 3.8) is 0 Å². The standard InChI is InChI=1S/C15H14O3S/c16-15(17)14-9-8-13(19-14)11-18-10-4-7-12-5-2-1-3-6-12/h1-9H,10-11H2,(H,16,17). The fourth-order valence-corrected chi connectivity index (χ4v) is 2.33. The molecule has 0 radical (unpaired) electrons. The first-order valence-corrected chi connectivity index (χ1v) is 6.69. The van der Waals surface area contributed by atoms with Gasteiger partial charge in [-0.2, -0.15) is 0 Å². The Bertz CT molecular complexity index is 558. The molecule has 19 heavy (non-hydrogen) atoms. The summed E-state index contributed by atoms with van der Waals surface area (Å²) in [5, 5.41) is 8.79. The van der Waals surface area contributed by atoms with Crippen LogP contribution in [0.4, 0.5) is 0 Å². The molecule has 0 aliphatic heterocycles. The van der Waals surface area contributed by atoms with Crippen molar-refractivity contribution in [1.82, 2.24) is 0 Å². The number of carboxylic acid groups (broad SMARTS) is 1. The highest BCUT2D eigenvalue weighted by atomic mass is 32.1.